The van der Waals surface area contributed by atoms with E-state index < -0.39 is 0 Å². The number of ether oxygens (including phenoxy) is 5. The number of hydrogen-bond acceptors (Lipinski definition) is 8. The molecule has 1 aromatic carbocycles. The topological polar surface area (TPSA) is 99.7 Å². The van der Waals surface area contributed by atoms with Gasteiger partial charge in [-0.2, -0.15) is 0 Å². The number of nitrogens with zero attached hydrogens (tertiary/aromatic N) is 3. The van der Waals surface area contributed by atoms with E-state index in [1.54, 1.807) is 36.2 Å². The summed E-state index contributed by atoms with van der Waals surface area (Å²) in [5.41, 5.74) is 0.940. The van der Waals surface area contributed by atoms with Gasteiger partial charge in [0.1, 0.15) is 11.3 Å². The third kappa shape index (κ3) is 5.33. The van der Waals surface area contributed by atoms with Gasteiger partial charge in [0.2, 0.25) is 5.88 Å². The number of hydrogen-bond donors (Lipinski definition) is 0. The average Bonchev–Trinajstić information content (AvgIpc) is 3.75. The fourth-order valence-electron chi connectivity index (χ4n) is 4.26. The number of rotatable bonds is 9. The summed E-state index contributed by atoms with van der Waals surface area (Å²) in [6.45, 7) is 1.88. The highest BCUT2D eigenvalue weighted by atomic mass is 16.5. The first-order valence-electron chi connectivity index (χ1n) is 12.2. The molecule has 3 heterocycles. The molecule has 0 atom stereocenters. The van der Waals surface area contributed by atoms with Gasteiger partial charge in [0, 0.05) is 44.6 Å². The Bertz CT molecular complexity index is 1110. The Morgan fingerprint density at radius 2 is 1.94 bits per heavy atom. The molecule has 0 spiro atoms. The molecule has 2 aromatic rings. The van der Waals surface area contributed by atoms with Gasteiger partial charge in [-0.15, -0.1) is 0 Å². The van der Waals surface area contributed by atoms with Crippen molar-refractivity contribution in [2.45, 2.75) is 31.7 Å². The molecular formula is C26H31N3O7. The molecule has 0 unspecified atom stereocenters. The molecule has 36 heavy (non-hydrogen) atoms. The largest absolute Gasteiger partial charge is 0.493 e. The first-order chi connectivity index (χ1) is 17.5. The van der Waals surface area contributed by atoms with Crippen LogP contribution in [0.5, 0.6) is 23.1 Å². The van der Waals surface area contributed by atoms with Crippen molar-refractivity contribution in [1.82, 2.24) is 9.88 Å². The quantitative estimate of drug-likeness (QED) is 0.522. The van der Waals surface area contributed by atoms with Crippen LogP contribution in [-0.2, 0) is 9.53 Å². The normalized spacial score (nSPS) is 17.7. The molecule has 1 aliphatic carbocycles. The molecule has 1 saturated carbocycles. The zero-order valence-electron chi connectivity index (χ0n) is 20.6. The zero-order valence-corrected chi connectivity index (χ0v) is 20.6. The molecule has 0 N–H and O–H groups in total. The van der Waals surface area contributed by atoms with E-state index in [9.17, 15) is 9.59 Å². The van der Waals surface area contributed by atoms with Gasteiger partial charge in [-0.05, 0) is 43.7 Å². The van der Waals surface area contributed by atoms with Gasteiger partial charge in [-0.25, -0.2) is 4.98 Å². The van der Waals surface area contributed by atoms with Gasteiger partial charge < -0.3 is 28.6 Å². The van der Waals surface area contributed by atoms with E-state index >= 15 is 0 Å². The second-order valence-corrected chi connectivity index (χ2v) is 9.25. The van der Waals surface area contributed by atoms with Gasteiger partial charge in [-0.3, -0.25) is 14.5 Å². The highest BCUT2D eigenvalue weighted by Crippen LogP contribution is 2.36. The summed E-state index contributed by atoms with van der Waals surface area (Å²) >= 11 is 0. The van der Waals surface area contributed by atoms with Crippen molar-refractivity contribution >= 4 is 17.5 Å². The lowest BCUT2D eigenvalue weighted by Crippen LogP contribution is -2.42. The third-order valence-electron chi connectivity index (χ3n) is 6.77. The van der Waals surface area contributed by atoms with E-state index in [-0.39, 0.29) is 31.2 Å². The van der Waals surface area contributed by atoms with Gasteiger partial charge in [0.25, 0.3) is 11.8 Å². The highest BCUT2D eigenvalue weighted by Gasteiger charge is 2.29. The molecule has 2 aliphatic heterocycles. The number of carbonyl (C=O) groups is 2. The monoisotopic (exact) mass is 497 g/mol. The van der Waals surface area contributed by atoms with Crippen molar-refractivity contribution in [3.05, 3.63) is 36.0 Å². The van der Waals surface area contributed by atoms with Crippen LogP contribution in [0, 0.1) is 5.92 Å². The molecule has 0 radical (unpaired) electrons. The predicted octanol–water partition coefficient (Wildman–Crippen LogP) is 2.89. The molecule has 10 nitrogen and oxygen atoms in total. The van der Waals surface area contributed by atoms with Crippen molar-refractivity contribution < 1.29 is 33.3 Å². The minimum absolute atomic E-state index is 0.0374. The molecule has 2 fully saturated rings. The van der Waals surface area contributed by atoms with Crippen LogP contribution in [0.25, 0.3) is 0 Å². The second-order valence-electron chi connectivity index (χ2n) is 9.25. The maximum absolute atomic E-state index is 13.2. The maximum atomic E-state index is 13.2. The Hall–Kier alpha value is -3.53. The Morgan fingerprint density at radius 3 is 2.69 bits per heavy atom. The van der Waals surface area contributed by atoms with Crippen molar-refractivity contribution in [2.24, 2.45) is 5.92 Å². The molecule has 2 amide bonds. The van der Waals surface area contributed by atoms with E-state index in [1.807, 2.05) is 0 Å². The van der Waals surface area contributed by atoms with Crippen molar-refractivity contribution in [3.63, 3.8) is 0 Å². The van der Waals surface area contributed by atoms with Crippen LogP contribution in [0.1, 0.15) is 36.0 Å². The average molecular weight is 498 g/mol. The summed E-state index contributed by atoms with van der Waals surface area (Å²) in [5, 5.41) is 0. The van der Waals surface area contributed by atoms with Gasteiger partial charge >= 0.3 is 0 Å². The second kappa shape index (κ2) is 10.6. The van der Waals surface area contributed by atoms with Crippen molar-refractivity contribution in [3.8, 4) is 23.1 Å². The lowest BCUT2D eigenvalue weighted by molar-refractivity contribution is -0.135. The minimum Gasteiger partial charge on any atom is -0.493 e. The van der Waals surface area contributed by atoms with Crippen LogP contribution in [0.3, 0.4) is 0 Å². The lowest BCUT2D eigenvalue weighted by atomic mass is 10.1. The van der Waals surface area contributed by atoms with Gasteiger partial charge in [-0.1, -0.05) is 0 Å². The number of aromatic nitrogens is 1. The fourth-order valence-corrected chi connectivity index (χ4v) is 4.26. The van der Waals surface area contributed by atoms with Gasteiger partial charge in [0.05, 0.1) is 19.4 Å². The van der Waals surface area contributed by atoms with E-state index in [2.05, 4.69) is 4.98 Å². The minimum atomic E-state index is -0.235. The van der Waals surface area contributed by atoms with E-state index in [1.165, 1.54) is 31.0 Å². The summed E-state index contributed by atoms with van der Waals surface area (Å²) in [5.74, 6) is 2.00. The molecular weight excluding hydrogens is 466 g/mol. The Kier molecular flexibility index (Phi) is 7.13. The summed E-state index contributed by atoms with van der Waals surface area (Å²) in [4.78, 5) is 33.3. The van der Waals surface area contributed by atoms with Crippen molar-refractivity contribution in [1.29, 1.82) is 0 Å². The smallest absolute Gasteiger partial charge is 0.266 e. The summed E-state index contributed by atoms with van der Waals surface area (Å²) in [7, 11) is 3.30. The number of amides is 2. The molecule has 5 rings (SSSR count). The number of carbonyl (C=O) groups excluding carboxylic acids is 2. The van der Waals surface area contributed by atoms with E-state index in [0.717, 1.165) is 12.8 Å². The number of benzene rings is 1. The predicted molar refractivity (Wildman–Crippen MR) is 130 cm³/mol. The van der Waals surface area contributed by atoms with Crippen LogP contribution in [0.2, 0.25) is 0 Å². The summed E-state index contributed by atoms with van der Waals surface area (Å²) in [6.07, 6.45) is 5.50. The number of pyridine rings is 1. The third-order valence-corrected chi connectivity index (χ3v) is 6.77. The molecule has 0 bridgehead atoms. The lowest BCUT2D eigenvalue weighted by Gasteiger charge is -2.31. The molecule has 10 heteroatoms. The van der Waals surface area contributed by atoms with Crippen LogP contribution >= 0.6 is 0 Å². The van der Waals surface area contributed by atoms with Crippen LogP contribution in [0.4, 0.5) is 5.69 Å². The number of anilines is 1. The zero-order chi connectivity index (χ0) is 25.1. The number of fused-ring (bicyclic) bond motifs is 1. The number of likely N-dealkylation sites (N-methyl/N-ethyl adjacent to an activating group) is 1. The first kappa shape index (κ1) is 24.2. The van der Waals surface area contributed by atoms with Crippen LogP contribution in [0.15, 0.2) is 30.5 Å². The van der Waals surface area contributed by atoms with Gasteiger partial charge in [0.15, 0.2) is 24.8 Å². The molecule has 1 aromatic heterocycles. The standard InChI is InChI=1S/C26H31N3O7/c1-28(18-7-9-33-10-8-18)25(30)15-34-21-6-5-19(11-23(21)32-2)29-16-36-22-12-24(35-14-17-3-4-17)27-13-20(22)26(29)31/h5-6,11-13,17-18H,3-4,7-10,14-16H2,1-2H3. The first-order valence-corrected chi connectivity index (χ1v) is 12.2. The van der Waals surface area contributed by atoms with E-state index in [0.29, 0.717) is 60.1 Å². The molecule has 1 saturated heterocycles. The molecule has 3 aliphatic rings. The maximum Gasteiger partial charge on any atom is 0.266 e. The number of methoxy groups -OCH3 is 1. The fraction of sp³-hybridized carbons (Fsp3) is 0.500. The molecule has 192 valence electrons. The Morgan fingerprint density at radius 1 is 1.14 bits per heavy atom. The summed E-state index contributed by atoms with van der Waals surface area (Å²) < 4.78 is 28.2. The SMILES string of the molecule is COc1cc(N2COc3cc(OCC4CC4)ncc3C2=O)ccc1OCC(=O)N(C)C1CCOCC1. The van der Waals surface area contributed by atoms with Crippen LogP contribution in [-0.4, -0.2) is 75.1 Å². The highest BCUT2D eigenvalue weighted by molar-refractivity contribution is 6.08. The van der Waals surface area contributed by atoms with Crippen LogP contribution < -0.4 is 23.8 Å². The van der Waals surface area contributed by atoms with Crippen molar-refractivity contribution in [2.75, 3.05) is 52.2 Å². The Balaban J connectivity index is 1.23. The van der Waals surface area contributed by atoms with E-state index in [4.69, 9.17) is 23.7 Å². The summed E-state index contributed by atoms with van der Waals surface area (Å²) in [6, 6.07) is 6.93. The Labute approximate surface area is 210 Å².